The second-order valence-corrected chi connectivity index (χ2v) is 4.18. The van der Waals surface area contributed by atoms with E-state index in [-0.39, 0.29) is 0 Å². The summed E-state index contributed by atoms with van der Waals surface area (Å²) in [6.07, 6.45) is 6.10. The Kier molecular flexibility index (Phi) is 4.23. The van der Waals surface area contributed by atoms with E-state index in [4.69, 9.17) is 0 Å². The molecule has 1 atom stereocenters. The molecule has 3 heteroatoms. The van der Waals surface area contributed by atoms with Crippen LogP contribution in [0.15, 0.2) is 5.10 Å². The molecule has 14 heavy (non-hydrogen) atoms. The minimum Gasteiger partial charge on any atom is -0.337 e. The van der Waals surface area contributed by atoms with Crippen molar-refractivity contribution in [3.05, 3.63) is 0 Å². The highest BCUT2D eigenvalue weighted by atomic mass is 15.6. The van der Waals surface area contributed by atoms with Crippen LogP contribution in [-0.4, -0.2) is 35.0 Å². The average Bonchev–Trinajstić information content (AvgIpc) is 2.57. The fourth-order valence-electron chi connectivity index (χ4n) is 1.86. The van der Waals surface area contributed by atoms with Gasteiger partial charge in [0.1, 0.15) is 12.5 Å². The van der Waals surface area contributed by atoms with Crippen molar-refractivity contribution in [2.75, 3.05) is 6.54 Å². The van der Waals surface area contributed by atoms with Gasteiger partial charge in [0.05, 0.1) is 0 Å². The molecule has 1 aliphatic heterocycles. The van der Waals surface area contributed by atoms with Crippen LogP contribution in [0.3, 0.4) is 0 Å². The normalized spacial score (nSPS) is 21.4. The Balaban J connectivity index is 2.51. The quantitative estimate of drug-likeness (QED) is 0.674. The predicted molar refractivity (Wildman–Crippen MR) is 61.2 cm³/mol. The molecule has 0 aromatic rings. The topological polar surface area (TPSA) is 18.8 Å². The van der Waals surface area contributed by atoms with Crippen LogP contribution in [0.25, 0.3) is 0 Å². The standard InChI is InChI=1S/C11H23N3/c1-5-7-8-14-11(6-2)13(9-12-14)10(3)4/h9-11H,5-8H2,1-4H3. The number of unbranched alkanes of at least 4 members (excludes halogenated alkanes) is 1. The first-order chi connectivity index (χ1) is 6.70. The van der Waals surface area contributed by atoms with Gasteiger partial charge in [0.2, 0.25) is 0 Å². The van der Waals surface area contributed by atoms with E-state index < -0.39 is 0 Å². The molecule has 1 rings (SSSR count). The smallest absolute Gasteiger partial charge is 0.119 e. The monoisotopic (exact) mass is 197 g/mol. The predicted octanol–water partition coefficient (Wildman–Crippen LogP) is 2.49. The third-order valence-electron chi connectivity index (χ3n) is 2.72. The maximum Gasteiger partial charge on any atom is 0.119 e. The van der Waals surface area contributed by atoms with Gasteiger partial charge in [-0.1, -0.05) is 20.3 Å². The molecule has 1 aliphatic rings. The Morgan fingerprint density at radius 2 is 2.07 bits per heavy atom. The molecule has 0 aromatic heterocycles. The second-order valence-electron chi connectivity index (χ2n) is 4.18. The molecule has 0 spiro atoms. The van der Waals surface area contributed by atoms with Crippen molar-refractivity contribution in [2.24, 2.45) is 5.10 Å². The fourth-order valence-corrected chi connectivity index (χ4v) is 1.86. The molecule has 0 aromatic carbocycles. The fraction of sp³-hybridized carbons (Fsp3) is 0.909. The molecular formula is C11H23N3. The van der Waals surface area contributed by atoms with E-state index >= 15 is 0 Å². The van der Waals surface area contributed by atoms with Crippen LogP contribution in [0.2, 0.25) is 0 Å². The molecule has 0 radical (unpaired) electrons. The van der Waals surface area contributed by atoms with Crippen molar-refractivity contribution in [3.8, 4) is 0 Å². The SMILES string of the molecule is CCCCN1N=CN(C(C)C)C1CC. The van der Waals surface area contributed by atoms with Gasteiger partial charge in [-0.2, -0.15) is 5.10 Å². The van der Waals surface area contributed by atoms with Gasteiger partial charge >= 0.3 is 0 Å². The molecule has 1 heterocycles. The van der Waals surface area contributed by atoms with E-state index in [1.54, 1.807) is 0 Å². The first-order valence-corrected chi connectivity index (χ1v) is 5.78. The van der Waals surface area contributed by atoms with Crippen LogP contribution in [0.5, 0.6) is 0 Å². The molecular weight excluding hydrogens is 174 g/mol. The highest BCUT2D eigenvalue weighted by molar-refractivity contribution is 5.57. The minimum atomic E-state index is 0.488. The molecule has 82 valence electrons. The zero-order valence-corrected chi connectivity index (χ0v) is 9.90. The molecule has 0 N–H and O–H groups in total. The summed E-state index contributed by atoms with van der Waals surface area (Å²) in [5, 5.41) is 6.69. The zero-order chi connectivity index (χ0) is 10.6. The Morgan fingerprint density at radius 3 is 2.57 bits per heavy atom. The maximum absolute atomic E-state index is 4.46. The molecule has 0 saturated carbocycles. The molecule has 0 fully saturated rings. The van der Waals surface area contributed by atoms with Gasteiger partial charge < -0.3 is 4.90 Å². The van der Waals surface area contributed by atoms with E-state index in [1.807, 2.05) is 6.34 Å². The van der Waals surface area contributed by atoms with Crippen LogP contribution in [0.4, 0.5) is 0 Å². The van der Waals surface area contributed by atoms with Crippen molar-refractivity contribution in [1.29, 1.82) is 0 Å². The summed E-state index contributed by atoms with van der Waals surface area (Å²) in [6.45, 7) is 9.99. The van der Waals surface area contributed by atoms with E-state index in [2.05, 4.69) is 42.7 Å². The van der Waals surface area contributed by atoms with E-state index in [1.165, 1.54) is 12.8 Å². The van der Waals surface area contributed by atoms with Gasteiger partial charge in [0, 0.05) is 12.6 Å². The third kappa shape index (κ3) is 2.40. The molecule has 0 amide bonds. The number of hydrogen-bond donors (Lipinski definition) is 0. The van der Waals surface area contributed by atoms with Gasteiger partial charge in [0.25, 0.3) is 0 Å². The third-order valence-corrected chi connectivity index (χ3v) is 2.72. The summed E-state index contributed by atoms with van der Waals surface area (Å²) in [6, 6.07) is 0.551. The van der Waals surface area contributed by atoms with Crippen LogP contribution >= 0.6 is 0 Å². The largest absolute Gasteiger partial charge is 0.337 e. The summed E-state index contributed by atoms with van der Waals surface area (Å²) in [5.41, 5.74) is 0. The van der Waals surface area contributed by atoms with Crippen molar-refractivity contribution in [3.63, 3.8) is 0 Å². The van der Waals surface area contributed by atoms with E-state index in [9.17, 15) is 0 Å². The van der Waals surface area contributed by atoms with Crippen molar-refractivity contribution in [1.82, 2.24) is 9.91 Å². The number of hydrazone groups is 1. The van der Waals surface area contributed by atoms with E-state index in [0.29, 0.717) is 12.2 Å². The Labute approximate surface area is 87.8 Å². The summed E-state index contributed by atoms with van der Waals surface area (Å²) in [5.74, 6) is 0. The lowest BCUT2D eigenvalue weighted by Crippen LogP contribution is -2.42. The molecule has 0 saturated heterocycles. The summed E-state index contributed by atoms with van der Waals surface area (Å²) in [7, 11) is 0. The van der Waals surface area contributed by atoms with Crippen LogP contribution in [0.1, 0.15) is 47.0 Å². The Bertz CT molecular complexity index is 189. The van der Waals surface area contributed by atoms with Crippen molar-refractivity contribution < 1.29 is 0 Å². The first kappa shape index (κ1) is 11.3. The Hall–Kier alpha value is -0.730. The van der Waals surface area contributed by atoms with E-state index in [0.717, 1.165) is 13.0 Å². The van der Waals surface area contributed by atoms with Crippen molar-refractivity contribution in [2.45, 2.75) is 59.2 Å². The van der Waals surface area contributed by atoms with Gasteiger partial charge in [-0.15, -0.1) is 0 Å². The van der Waals surface area contributed by atoms with Crippen LogP contribution < -0.4 is 0 Å². The molecule has 0 bridgehead atoms. The molecule has 0 aliphatic carbocycles. The van der Waals surface area contributed by atoms with Crippen LogP contribution in [-0.2, 0) is 0 Å². The van der Waals surface area contributed by atoms with Gasteiger partial charge in [0.15, 0.2) is 0 Å². The lowest BCUT2D eigenvalue weighted by atomic mass is 10.2. The van der Waals surface area contributed by atoms with Gasteiger partial charge in [-0.05, 0) is 26.7 Å². The number of rotatable bonds is 5. The van der Waals surface area contributed by atoms with Gasteiger partial charge in [-0.3, -0.25) is 5.01 Å². The molecule has 3 nitrogen and oxygen atoms in total. The average molecular weight is 197 g/mol. The lowest BCUT2D eigenvalue weighted by molar-refractivity contribution is 0.107. The van der Waals surface area contributed by atoms with Gasteiger partial charge in [-0.25, -0.2) is 0 Å². The summed E-state index contributed by atoms with van der Waals surface area (Å²) >= 11 is 0. The van der Waals surface area contributed by atoms with Crippen LogP contribution in [0, 0.1) is 0 Å². The number of hydrogen-bond acceptors (Lipinski definition) is 3. The summed E-state index contributed by atoms with van der Waals surface area (Å²) < 4.78 is 0. The number of nitrogens with zero attached hydrogens (tertiary/aromatic N) is 3. The molecule has 1 unspecified atom stereocenters. The first-order valence-electron chi connectivity index (χ1n) is 5.78. The minimum absolute atomic E-state index is 0.488. The maximum atomic E-state index is 4.46. The summed E-state index contributed by atoms with van der Waals surface area (Å²) in [4.78, 5) is 2.34. The highest BCUT2D eigenvalue weighted by Gasteiger charge is 2.26. The lowest BCUT2D eigenvalue weighted by Gasteiger charge is -2.32. The van der Waals surface area contributed by atoms with Crippen molar-refractivity contribution >= 4 is 6.34 Å². The second kappa shape index (κ2) is 5.23. The Morgan fingerprint density at radius 1 is 1.36 bits per heavy atom. The zero-order valence-electron chi connectivity index (χ0n) is 9.90. The highest BCUT2D eigenvalue weighted by Crippen LogP contribution is 2.18.